The van der Waals surface area contributed by atoms with Gasteiger partial charge in [0.25, 0.3) is 5.69 Å². The lowest BCUT2D eigenvalue weighted by molar-refractivity contribution is -0.384. The maximum atomic E-state index is 11.7. The zero-order chi connectivity index (χ0) is 14.5. The highest BCUT2D eigenvalue weighted by atomic mass is 79.9. The molecule has 0 saturated heterocycles. The molecule has 102 valence electrons. The van der Waals surface area contributed by atoms with E-state index in [1.807, 2.05) is 11.4 Å². The maximum Gasteiger partial charge on any atom is 0.270 e. The van der Waals surface area contributed by atoms with E-state index in [0.29, 0.717) is 15.0 Å². The Morgan fingerprint density at radius 3 is 2.80 bits per heavy atom. The number of halogens is 1. The molecular weight excluding hydrogens is 344 g/mol. The summed E-state index contributed by atoms with van der Waals surface area (Å²) in [5, 5.41) is 15.3. The van der Waals surface area contributed by atoms with E-state index in [2.05, 4.69) is 21.2 Å². The first-order chi connectivity index (χ1) is 9.58. The SMILES string of the molecule is O=C(C=CNc1ccc([N+](=O)[O-])cc1Br)c1cccs1. The van der Waals surface area contributed by atoms with Gasteiger partial charge in [-0.15, -0.1) is 11.3 Å². The normalized spacial score (nSPS) is 10.7. The molecule has 2 aromatic rings. The Hall–Kier alpha value is -1.99. The number of rotatable bonds is 5. The largest absolute Gasteiger partial charge is 0.361 e. The van der Waals surface area contributed by atoms with Crippen molar-refractivity contribution in [2.45, 2.75) is 0 Å². The molecule has 0 atom stereocenters. The number of nitro benzene ring substituents is 1. The van der Waals surface area contributed by atoms with Crippen molar-refractivity contribution < 1.29 is 9.72 Å². The summed E-state index contributed by atoms with van der Waals surface area (Å²) in [5.74, 6) is -0.0921. The minimum absolute atomic E-state index is 0.000988. The summed E-state index contributed by atoms with van der Waals surface area (Å²) in [6.45, 7) is 0. The second-order valence-corrected chi connectivity index (χ2v) is 5.54. The van der Waals surface area contributed by atoms with Gasteiger partial charge in [-0.25, -0.2) is 0 Å². The number of thiophene rings is 1. The van der Waals surface area contributed by atoms with Crippen molar-refractivity contribution in [2.75, 3.05) is 5.32 Å². The average molecular weight is 353 g/mol. The fourth-order valence-electron chi connectivity index (χ4n) is 1.44. The maximum absolute atomic E-state index is 11.7. The van der Waals surface area contributed by atoms with Crippen molar-refractivity contribution in [3.8, 4) is 0 Å². The molecule has 0 amide bonds. The molecule has 0 aliphatic carbocycles. The van der Waals surface area contributed by atoms with Crippen molar-refractivity contribution in [3.05, 3.63) is 67.5 Å². The van der Waals surface area contributed by atoms with Crippen LogP contribution in [-0.2, 0) is 0 Å². The molecule has 0 unspecified atom stereocenters. The Bertz CT molecular complexity index is 668. The number of hydrogen-bond acceptors (Lipinski definition) is 5. The van der Waals surface area contributed by atoms with Crippen LogP contribution in [-0.4, -0.2) is 10.7 Å². The lowest BCUT2D eigenvalue weighted by Gasteiger charge is -2.03. The number of nitrogens with one attached hydrogen (secondary N) is 1. The average Bonchev–Trinajstić information content (AvgIpc) is 2.94. The molecule has 0 bridgehead atoms. The smallest absolute Gasteiger partial charge is 0.270 e. The van der Waals surface area contributed by atoms with Gasteiger partial charge in [-0.3, -0.25) is 14.9 Å². The van der Waals surface area contributed by atoms with E-state index in [0.717, 1.165) is 0 Å². The molecule has 2 rings (SSSR count). The number of nitrogens with zero attached hydrogens (tertiary/aromatic N) is 1. The predicted molar refractivity (Wildman–Crippen MR) is 82.2 cm³/mol. The van der Waals surface area contributed by atoms with E-state index in [1.54, 1.807) is 12.1 Å². The van der Waals surface area contributed by atoms with Gasteiger partial charge in [-0.2, -0.15) is 0 Å². The van der Waals surface area contributed by atoms with E-state index in [-0.39, 0.29) is 11.5 Å². The second-order valence-electron chi connectivity index (χ2n) is 3.74. The van der Waals surface area contributed by atoms with Crippen molar-refractivity contribution in [3.63, 3.8) is 0 Å². The minimum atomic E-state index is -0.468. The topological polar surface area (TPSA) is 72.2 Å². The third-order valence-corrected chi connectivity index (χ3v) is 3.94. The van der Waals surface area contributed by atoms with E-state index in [1.165, 1.54) is 35.7 Å². The zero-order valence-corrected chi connectivity index (χ0v) is 12.5. The van der Waals surface area contributed by atoms with E-state index in [9.17, 15) is 14.9 Å². The molecule has 1 N–H and O–H groups in total. The van der Waals surface area contributed by atoms with Crippen molar-refractivity contribution in [2.24, 2.45) is 0 Å². The van der Waals surface area contributed by atoms with Gasteiger partial charge in [0.2, 0.25) is 0 Å². The van der Waals surface area contributed by atoms with E-state index in [4.69, 9.17) is 0 Å². The molecule has 20 heavy (non-hydrogen) atoms. The summed E-state index contributed by atoms with van der Waals surface area (Å²) in [5.41, 5.74) is 0.645. The van der Waals surface area contributed by atoms with Gasteiger partial charge < -0.3 is 5.32 Å². The number of anilines is 1. The van der Waals surface area contributed by atoms with Gasteiger partial charge in [0.15, 0.2) is 5.78 Å². The highest BCUT2D eigenvalue weighted by Crippen LogP contribution is 2.27. The third-order valence-electron chi connectivity index (χ3n) is 2.40. The summed E-state index contributed by atoms with van der Waals surface area (Å²) in [6, 6.07) is 7.92. The molecule has 0 spiro atoms. The quantitative estimate of drug-likeness (QED) is 0.378. The molecule has 1 aromatic carbocycles. The standard InChI is InChI=1S/C13H9BrN2O3S/c14-10-8-9(16(18)19)3-4-11(10)15-6-5-12(17)13-2-1-7-20-13/h1-8,15H. The Morgan fingerprint density at radius 1 is 1.40 bits per heavy atom. The van der Waals surface area contributed by atoms with Gasteiger partial charge in [0, 0.05) is 28.9 Å². The molecule has 0 saturated carbocycles. The van der Waals surface area contributed by atoms with Gasteiger partial charge >= 0.3 is 0 Å². The van der Waals surface area contributed by atoms with E-state index < -0.39 is 4.92 Å². The molecule has 1 aromatic heterocycles. The fraction of sp³-hybridized carbons (Fsp3) is 0. The number of ketones is 1. The van der Waals surface area contributed by atoms with E-state index >= 15 is 0 Å². The molecule has 0 aliphatic heterocycles. The Kier molecular flexibility index (Phi) is 4.65. The summed E-state index contributed by atoms with van der Waals surface area (Å²) in [4.78, 5) is 22.5. The van der Waals surface area contributed by atoms with Gasteiger partial charge in [-0.05, 0) is 33.4 Å². The Balaban J connectivity index is 2.04. The highest BCUT2D eigenvalue weighted by Gasteiger charge is 2.08. The first-order valence-corrected chi connectivity index (χ1v) is 7.20. The van der Waals surface area contributed by atoms with Crippen molar-refractivity contribution in [1.82, 2.24) is 0 Å². The summed E-state index contributed by atoms with van der Waals surface area (Å²) in [6.07, 6.45) is 2.92. The van der Waals surface area contributed by atoms with Crippen LogP contribution in [0.4, 0.5) is 11.4 Å². The number of carbonyl (C=O) groups is 1. The zero-order valence-electron chi connectivity index (χ0n) is 10.1. The molecule has 5 nitrogen and oxygen atoms in total. The molecule has 7 heteroatoms. The van der Waals surface area contributed by atoms with Gasteiger partial charge in [0.1, 0.15) is 0 Å². The Labute approximate surface area is 127 Å². The summed E-state index contributed by atoms with van der Waals surface area (Å²) < 4.78 is 0.555. The van der Waals surface area contributed by atoms with Crippen molar-refractivity contribution in [1.29, 1.82) is 0 Å². The van der Waals surface area contributed by atoms with Crippen LogP contribution in [0.2, 0.25) is 0 Å². The Morgan fingerprint density at radius 2 is 2.20 bits per heavy atom. The van der Waals surface area contributed by atoms with Gasteiger partial charge in [-0.1, -0.05) is 6.07 Å². The first kappa shape index (κ1) is 14.4. The molecular formula is C13H9BrN2O3S. The van der Waals surface area contributed by atoms with Crippen LogP contribution in [0, 0.1) is 10.1 Å². The fourth-order valence-corrected chi connectivity index (χ4v) is 2.57. The molecule has 1 heterocycles. The monoisotopic (exact) mass is 352 g/mol. The molecule has 0 radical (unpaired) electrons. The number of non-ortho nitro benzene ring substituents is 1. The number of allylic oxidation sites excluding steroid dienone is 1. The number of hydrogen-bond donors (Lipinski definition) is 1. The van der Waals surface area contributed by atoms with Crippen molar-refractivity contribution >= 4 is 44.4 Å². The van der Waals surface area contributed by atoms with Crippen LogP contribution in [0.15, 0.2) is 52.5 Å². The second kappa shape index (κ2) is 6.44. The first-order valence-electron chi connectivity index (χ1n) is 5.53. The summed E-state index contributed by atoms with van der Waals surface area (Å²) in [7, 11) is 0. The lowest BCUT2D eigenvalue weighted by Crippen LogP contribution is -1.95. The van der Waals surface area contributed by atoms with Crippen LogP contribution in [0.5, 0.6) is 0 Å². The van der Waals surface area contributed by atoms with Gasteiger partial charge in [0.05, 0.1) is 15.5 Å². The summed E-state index contributed by atoms with van der Waals surface area (Å²) >= 11 is 4.61. The third kappa shape index (κ3) is 3.52. The number of nitro groups is 1. The van der Waals surface area contributed by atoms with Crippen LogP contribution < -0.4 is 5.32 Å². The molecule has 0 fully saturated rings. The number of benzene rings is 1. The van der Waals surface area contributed by atoms with Crippen LogP contribution in [0.3, 0.4) is 0 Å². The minimum Gasteiger partial charge on any atom is -0.361 e. The van der Waals surface area contributed by atoms with Crippen LogP contribution in [0.25, 0.3) is 0 Å². The predicted octanol–water partition coefficient (Wildman–Crippen LogP) is 4.23. The van der Waals surface area contributed by atoms with Crippen LogP contribution in [0.1, 0.15) is 9.67 Å². The number of carbonyl (C=O) groups excluding carboxylic acids is 1. The molecule has 0 aliphatic rings. The van der Waals surface area contributed by atoms with Crippen LogP contribution >= 0.6 is 27.3 Å². The highest BCUT2D eigenvalue weighted by molar-refractivity contribution is 9.10. The lowest BCUT2D eigenvalue weighted by atomic mass is 10.3.